The van der Waals surface area contributed by atoms with E-state index in [-0.39, 0.29) is 44.6 Å². The number of aliphatic carboxylic acids is 1. The summed E-state index contributed by atoms with van der Waals surface area (Å²) in [5.41, 5.74) is 4.55. The van der Waals surface area contributed by atoms with Crippen LogP contribution in [0.4, 0.5) is 4.79 Å². The van der Waals surface area contributed by atoms with Gasteiger partial charge in [-0.25, -0.2) is 9.59 Å². The number of carbonyl (C=O) groups is 3. The molecule has 35 heavy (non-hydrogen) atoms. The third kappa shape index (κ3) is 5.16. The minimum absolute atomic E-state index is 0.0432. The highest BCUT2D eigenvalue weighted by molar-refractivity contribution is 5.87. The fourth-order valence-corrected chi connectivity index (χ4v) is 4.93. The predicted molar refractivity (Wildman–Crippen MR) is 127 cm³/mol. The summed E-state index contributed by atoms with van der Waals surface area (Å²) >= 11 is 0. The van der Waals surface area contributed by atoms with Crippen molar-refractivity contribution in [3.8, 4) is 11.1 Å². The first-order chi connectivity index (χ1) is 16.9. The molecule has 9 nitrogen and oxygen atoms in total. The molecule has 0 saturated carbocycles. The number of ether oxygens (including phenoxy) is 3. The monoisotopic (exact) mass is 482 g/mol. The maximum absolute atomic E-state index is 12.9. The molecule has 0 radical (unpaired) electrons. The Bertz CT molecular complexity index is 1040. The fourth-order valence-electron chi connectivity index (χ4n) is 4.93. The van der Waals surface area contributed by atoms with Crippen molar-refractivity contribution < 1.29 is 33.7 Å². The Hall–Kier alpha value is -3.43. The lowest BCUT2D eigenvalue weighted by atomic mass is 9.98. The third-order valence-electron chi connectivity index (χ3n) is 6.74. The molecule has 2 aliphatic rings. The van der Waals surface area contributed by atoms with Gasteiger partial charge in [0.25, 0.3) is 5.91 Å². The lowest BCUT2D eigenvalue weighted by Gasteiger charge is -2.26. The number of amides is 2. The number of carboxylic acid groups (broad SMARTS) is 1. The van der Waals surface area contributed by atoms with E-state index in [0.717, 1.165) is 22.3 Å². The van der Waals surface area contributed by atoms with Crippen molar-refractivity contribution >= 4 is 18.0 Å². The number of hydrogen-bond donors (Lipinski definition) is 2. The maximum Gasteiger partial charge on any atom is 0.407 e. The van der Waals surface area contributed by atoms with E-state index in [4.69, 9.17) is 14.2 Å². The number of benzene rings is 2. The molecule has 1 heterocycles. The van der Waals surface area contributed by atoms with E-state index in [9.17, 15) is 19.5 Å². The van der Waals surface area contributed by atoms with Crippen molar-refractivity contribution in [1.82, 2.24) is 10.2 Å². The quantitative estimate of drug-likeness (QED) is 0.565. The molecule has 2 aromatic carbocycles. The molecule has 186 valence electrons. The number of fused-ring (bicyclic) bond motifs is 3. The van der Waals surface area contributed by atoms with Crippen LogP contribution in [0.25, 0.3) is 11.1 Å². The molecule has 3 atom stereocenters. The molecular weight excluding hydrogens is 452 g/mol. The Labute approximate surface area is 204 Å². The number of alkyl carbamates (subject to hydrolysis) is 1. The second-order valence-electron chi connectivity index (χ2n) is 8.70. The summed E-state index contributed by atoms with van der Waals surface area (Å²) in [6.07, 6.45) is -1.40. The number of hydrogen-bond acceptors (Lipinski definition) is 6. The number of carbonyl (C=O) groups excluding carboxylic acids is 2. The summed E-state index contributed by atoms with van der Waals surface area (Å²) in [4.78, 5) is 38.1. The van der Waals surface area contributed by atoms with Crippen LogP contribution in [0.15, 0.2) is 48.5 Å². The van der Waals surface area contributed by atoms with E-state index in [1.807, 2.05) is 36.4 Å². The van der Waals surface area contributed by atoms with Crippen LogP contribution >= 0.6 is 0 Å². The van der Waals surface area contributed by atoms with Gasteiger partial charge < -0.3 is 29.5 Å². The van der Waals surface area contributed by atoms with Crippen molar-refractivity contribution in [3.63, 3.8) is 0 Å². The van der Waals surface area contributed by atoms with E-state index in [1.165, 1.54) is 19.1 Å². The van der Waals surface area contributed by atoms with Gasteiger partial charge in [0.1, 0.15) is 18.8 Å². The summed E-state index contributed by atoms with van der Waals surface area (Å²) in [7, 11) is 2.87. The Morgan fingerprint density at radius 1 is 1.06 bits per heavy atom. The van der Waals surface area contributed by atoms with Crippen LogP contribution in [0, 0.1) is 0 Å². The first-order valence-corrected chi connectivity index (χ1v) is 11.6. The molecule has 0 spiro atoms. The summed E-state index contributed by atoms with van der Waals surface area (Å²) < 4.78 is 16.1. The summed E-state index contributed by atoms with van der Waals surface area (Å²) in [5, 5.41) is 12.1. The fraction of sp³-hybridized carbons (Fsp3) is 0.423. The highest BCUT2D eigenvalue weighted by Gasteiger charge is 2.42. The zero-order valence-electron chi connectivity index (χ0n) is 19.8. The van der Waals surface area contributed by atoms with Crippen LogP contribution in [0.1, 0.15) is 29.9 Å². The van der Waals surface area contributed by atoms with E-state index in [2.05, 4.69) is 17.4 Å². The van der Waals surface area contributed by atoms with Crippen molar-refractivity contribution in [1.29, 1.82) is 0 Å². The van der Waals surface area contributed by atoms with Crippen LogP contribution in [-0.2, 0) is 23.8 Å². The molecule has 1 saturated heterocycles. The van der Waals surface area contributed by atoms with E-state index in [1.54, 1.807) is 0 Å². The SMILES string of the molecule is COC1CC(C(=O)O)N(C(=O)C(CCNC(=O)OCC2c3ccccc3-c3ccccc32)OC)C1. The Morgan fingerprint density at radius 3 is 2.26 bits per heavy atom. The number of nitrogens with zero attached hydrogens (tertiary/aromatic N) is 1. The number of nitrogens with one attached hydrogen (secondary N) is 1. The molecule has 3 unspecified atom stereocenters. The van der Waals surface area contributed by atoms with Crippen LogP contribution in [0.2, 0.25) is 0 Å². The first kappa shape index (κ1) is 24.7. The third-order valence-corrected chi connectivity index (χ3v) is 6.74. The second-order valence-corrected chi connectivity index (χ2v) is 8.70. The molecule has 1 aliphatic heterocycles. The van der Waals surface area contributed by atoms with Crippen LogP contribution in [-0.4, -0.2) is 80.1 Å². The van der Waals surface area contributed by atoms with Gasteiger partial charge >= 0.3 is 12.1 Å². The average molecular weight is 483 g/mol. The zero-order valence-corrected chi connectivity index (χ0v) is 19.8. The Balaban J connectivity index is 1.29. The van der Waals surface area contributed by atoms with Gasteiger partial charge in [-0.05, 0) is 22.3 Å². The zero-order chi connectivity index (χ0) is 24.9. The maximum atomic E-state index is 12.9. The standard InChI is InChI=1S/C26H30N2O7/c1-33-16-13-22(25(30)31)28(14-16)24(29)23(34-2)11-12-27-26(32)35-15-21-19-9-5-3-7-17(19)18-8-4-6-10-20(18)21/h3-10,16,21-23H,11-15H2,1-2H3,(H,27,32)(H,30,31). The molecule has 4 rings (SSSR count). The summed E-state index contributed by atoms with van der Waals surface area (Å²) in [6.45, 7) is 0.519. The van der Waals surface area contributed by atoms with Gasteiger partial charge in [-0.15, -0.1) is 0 Å². The number of rotatable bonds is 9. The van der Waals surface area contributed by atoms with Gasteiger partial charge in [0.2, 0.25) is 0 Å². The lowest BCUT2D eigenvalue weighted by molar-refractivity contribution is -0.153. The van der Waals surface area contributed by atoms with Crippen LogP contribution in [0.3, 0.4) is 0 Å². The van der Waals surface area contributed by atoms with Gasteiger partial charge in [-0.1, -0.05) is 48.5 Å². The number of methoxy groups -OCH3 is 2. The van der Waals surface area contributed by atoms with E-state index in [0.29, 0.717) is 0 Å². The van der Waals surface area contributed by atoms with Crippen molar-refractivity contribution in [2.45, 2.75) is 37.0 Å². The lowest BCUT2D eigenvalue weighted by Crippen LogP contribution is -2.47. The summed E-state index contributed by atoms with van der Waals surface area (Å²) in [5.74, 6) is -1.56. The molecule has 2 N–H and O–H groups in total. The van der Waals surface area contributed by atoms with E-state index < -0.39 is 30.1 Å². The number of carboxylic acids is 1. The van der Waals surface area contributed by atoms with Gasteiger partial charge in [0, 0.05) is 46.1 Å². The van der Waals surface area contributed by atoms with Crippen LogP contribution < -0.4 is 5.32 Å². The molecule has 2 aromatic rings. The van der Waals surface area contributed by atoms with Gasteiger partial charge in [0.05, 0.1) is 6.10 Å². The Kier molecular flexibility index (Phi) is 7.67. The molecule has 2 amide bonds. The normalized spacial score (nSPS) is 19.7. The number of likely N-dealkylation sites (tertiary alicyclic amines) is 1. The second kappa shape index (κ2) is 10.9. The predicted octanol–water partition coefficient (Wildman–Crippen LogP) is 2.63. The topological polar surface area (TPSA) is 114 Å². The minimum atomic E-state index is -1.08. The molecule has 0 aromatic heterocycles. The first-order valence-electron chi connectivity index (χ1n) is 11.6. The molecular formula is C26H30N2O7. The smallest absolute Gasteiger partial charge is 0.407 e. The van der Waals surface area contributed by atoms with Crippen molar-refractivity contribution in [2.24, 2.45) is 0 Å². The van der Waals surface area contributed by atoms with Gasteiger partial charge in [0.15, 0.2) is 0 Å². The minimum Gasteiger partial charge on any atom is -0.480 e. The van der Waals surface area contributed by atoms with Crippen molar-refractivity contribution in [2.75, 3.05) is 33.9 Å². The van der Waals surface area contributed by atoms with E-state index >= 15 is 0 Å². The van der Waals surface area contributed by atoms with Gasteiger partial charge in [-0.2, -0.15) is 0 Å². The average Bonchev–Trinajstić information content (AvgIpc) is 3.45. The Morgan fingerprint density at radius 2 is 1.69 bits per heavy atom. The highest BCUT2D eigenvalue weighted by Crippen LogP contribution is 2.44. The molecule has 9 heteroatoms. The summed E-state index contributed by atoms with van der Waals surface area (Å²) in [6, 6.07) is 15.2. The largest absolute Gasteiger partial charge is 0.480 e. The van der Waals surface area contributed by atoms with Crippen LogP contribution in [0.5, 0.6) is 0 Å². The molecule has 1 fully saturated rings. The molecule has 0 bridgehead atoms. The highest BCUT2D eigenvalue weighted by atomic mass is 16.5. The van der Waals surface area contributed by atoms with Gasteiger partial charge in [-0.3, -0.25) is 4.79 Å². The van der Waals surface area contributed by atoms with Crippen molar-refractivity contribution in [3.05, 3.63) is 59.7 Å². The molecule has 1 aliphatic carbocycles.